The SMILES string of the molecule is O=C(Nc1ccccc1C(F)(F)F)c1ccc2c(c1)B(O)OC2. The Bertz CT molecular complexity index is 764. The van der Waals surface area contributed by atoms with Crippen LogP contribution in [0.2, 0.25) is 0 Å². The molecular formula is C15H11BF3NO3. The molecule has 0 atom stereocenters. The van der Waals surface area contributed by atoms with Crippen molar-refractivity contribution in [2.24, 2.45) is 0 Å². The first-order valence-electron chi connectivity index (χ1n) is 6.76. The van der Waals surface area contributed by atoms with Crippen LogP contribution in [0.4, 0.5) is 18.9 Å². The van der Waals surface area contributed by atoms with Crippen LogP contribution in [-0.2, 0) is 17.4 Å². The van der Waals surface area contributed by atoms with E-state index in [0.717, 1.165) is 11.6 Å². The second-order valence-corrected chi connectivity index (χ2v) is 5.07. The van der Waals surface area contributed by atoms with Gasteiger partial charge in [0.1, 0.15) is 0 Å². The summed E-state index contributed by atoms with van der Waals surface area (Å²) in [6.07, 6.45) is -4.56. The third-order valence-corrected chi connectivity index (χ3v) is 3.55. The van der Waals surface area contributed by atoms with E-state index in [2.05, 4.69) is 5.32 Å². The zero-order valence-corrected chi connectivity index (χ0v) is 11.7. The summed E-state index contributed by atoms with van der Waals surface area (Å²) < 4.78 is 43.8. The molecule has 3 rings (SSSR count). The molecule has 0 saturated heterocycles. The Morgan fingerprint density at radius 1 is 1.22 bits per heavy atom. The van der Waals surface area contributed by atoms with Crippen LogP contribution in [-0.4, -0.2) is 18.0 Å². The topological polar surface area (TPSA) is 58.6 Å². The number of rotatable bonds is 2. The van der Waals surface area contributed by atoms with E-state index in [0.29, 0.717) is 5.46 Å². The van der Waals surface area contributed by atoms with Gasteiger partial charge in [-0.15, -0.1) is 0 Å². The van der Waals surface area contributed by atoms with Gasteiger partial charge in [0, 0.05) is 5.56 Å². The quantitative estimate of drug-likeness (QED) is 0.834. The molecule has 2 aromatic rings. The van der Waals surface area contributed by atoms with Crippen molar-refractivity contribution in [3.8, 4) is 0 Å². The molecule has 0 radical (unpaired) electrons. The fourth-order valence-electron chi connectivity index (χ4n) is 2.39. The van der Waals surface area contributed by atoms with Gasteiger partial charge in [-0.25, -0.2) is 0 Å². The summed E-state index contributed by atoms with van der Waals surface area (Å²) >= 11 is 0. The van der Waals surface area contributed by atoms with E-state index in [-0.39, 0.29) is 17.9 Å². The molecule has 1 aliphatic heterocycles. The molecule has 0 unspecified atom stereocenters. The lowest BCUT2D eigenvalue weighted by molar-refractivity contribution is -0.136. The minimum absolute atomic E-state index is 0.144. The van der Waals surface area contributed by atoms with Crippen molar-refractivity contribution in [3.63, 3.8) is 0 Å². The fraction of sp³-hybridized carbons (Fsp3) is 0.133. The highest BCUT2D eigenvalue weighted by Gasteiger charge is 2.34. The summed E-state index contributed by atoms with van der Waals surface area (Å²) in [5.41, 5.74) is 0.0944. The van der Waals surface area contributed by atoms with Crippen molar-refractivity contribution in [1.82, 2.24) is 0 Å². The molecule has 0 spiro atoms. The summed E-state index contributed by atoms with van der Waals surface area (Å²) in [4.78, 5) is 12.2. The molecule has 8 heteroatoms. The summed E-state index contributed by atoms with van der Waals surface area (Å²) in [6.45, 7) is 0.231. The number of fused-ring (bicyclic) bond motifs is 1. The molecule has 1 heterocycles. The van der Waals surface area contributed by atoms with E-state index in [1.807, 2.05) is 0 Å². The zero-order valence-electron chi connectivity index (χ0n) is 11.7. The number of alkyl halides is 3. The highest BCUT2D eigenvalue weighted by atomic mass is 19.4. The molecule has 4 nitrogen and oxygen atoms in total. The van der Waals surface area contributed by atoms with Crippen molar-refractivity contribution in [2.75, 3.05) is 5.32 Å². The minimum Gasteiger partial charge on any atom is -0.423 e. The lowest BCUT2D eigenvalue weighted by atomic mass is 9.79. The van der Waals surface area contributed by atoms with Gasteiger partial charge in [0.2, 0.25) is 0 Å². The highest BCUT2D eigenvalue weighted by Crippen LogP contribution is 2.34. The van der Waals surface area contributed by atoms with Crippen molar-refractivity contribution < 1.29 is 27.6 Å². The molecule has 0 aliphatic carbocycles. The number of anilines is 1. The average molecular weight is 321 g/mol. The molecule has 2 aromatic carbocycles. The van der Waals surface area contributed by atoms with Gasteiger partial charge in [0.25, 0.3) is 5.91 Å². The molecular weight excluding hydrogens is 310 g/mol. The first-order chi connectivity index (χ1) is 10.9. The number of hydrogen-bond donors (Lipinski definition) is 2. The minimum atomic E-state index is -4.56. The molecule has 118 valence electrons. The summed E-state index contributed by atoms with van der Waals surface area (Å²) in [6, 6.07) is 9.25. The fourth-order valence-corrected chi connectivity index (χ4v) is 2.39. The van der Waals surface area contributed by atoms with Gasteiger partial charge in [-0.3, -0.25) is 4.79 Å². The number of nitrogens with one attached hydrogen (secondary N) is 1. The Kier molecular flexibility index (Phi) is 3.87. The second-order valence-electron chi connectivity index (χ2n) is 5.07. The molecule has 0 saturated carbocycles. The lowest BCUT2D eigenvalue weighted by Crippen LogP contribution is -2.29. The maximum Gasteiger partial charge on any atom is 0.491 e. The van der Waals surface area contributed by atoms with Crippen LogP contribution in [0.15, 0.2) is 42.5 Å². The van der Waals surface area contributed by atoms with Gasteiger partial charge in [0.15, 0.2) is 0 Å². The van der Waals surface area contributed by atoms with Crippen LogP contribution in [0.3, 0.4) is 0 Å². The number of benzene rings is 2. The summed E-state index contributed by atoms with van der Waals surface area (Å²) in [7, 11) is -1.12. The standard InChI is InChI=1S/C15H11BF3NO3/c17-15(18,19)11-3-1-2-4-13(11)20-14(21)9-5-6-10-8-23-16(22)12(10)7-9/h1-7,22H,8H2,(H,20,21). The van der Waals surface area contributed by atoms with Gasteiger partial charge in [-0.2, -0.15) is 13.2 Å². The summed E-state index contributed by atoms with van der Waals surface area (Å²) in [5.74, 6) is -0.691. The number of para-hydroxylation sites is 1. The lowest BCUT2D eigenvalue weighted by Gasteiger charge is -2.13. The first-order valence-corrected chi connectivity index (χ1v) is 6.76. The monoisotopic (exact) mass is 321 g/mol. The van der Waals surface area contributed by atoms with E-state index < -0.39 is 24.8 Å². The molecule has 0 bridgehead atoms. The highest BCUT2D eigenvalue weighted by molar-refractivity contribution is 6.61. The van der Waals surface area contributed by atoms with Crippen molar-refractivity contribution >= 4 is 24.2 Å². The van der Waals surface area contributed by atoms with E-state index in [1.165, 1.54) is 30.3 Å². The number of carbonyl (C=O) groups is 1. The van der Waals surface area contributed by atoms with E-state index in [1.54, 1.807) is 6.07 Å². The smallest absolute Gasteiger partial charge is 0.423 e. The number of carbonyl (C=O) groups excluding carboxylic acids is 1. The Morgan fingerprint density at radius 3 is 2.70 bits per heavy atom. The first kappa shape index (κ1) is 15.6. The van der Waals surface area contributed by atoms with Gasteiger partial charge >= 0.3 is 13.3 Å². The number of hydrogen-bond acceptors (Lipinski definition) is 3. The van der Waals surface area contributed by atoms with Crippen LogP contribution in [0.5, 0.6) is 0 Å². The van der Waals surface area contributed by atoms with Crippen LogP contribution in [0.1, 0.15) is 21.5 Å². The Balaban J connectivity index is 1.88. The average Bonchev–Trinajstić information content (AvgIpc) is 2.87. The van der Waals surface area contributed by atoms with Gasteiger partial charge in [0.05, 0.1) is 17.9 Å². The third-order valence-electron chi connectivity index (χ3n) is 3.55. The van der Waals surface area contributed by atoms with Crippen LogP contribution < -0.4 is 10.8 Å². The predicted octanol–water partition coefficient (Wildman–Crippen LogP) is 2.18. The van der Waals surface area contributed by atoms with Crippen molar-refractivity contribution in [2.45, 2.75) is 12.8 Å². The van der Waals surface area contributed by atoms with Crippen molar-refractivity contribution in [1.29, 1.82) is 0 Å². The zero-order chi connectivity index (χ0) is 16.6. The van der Waals surface area contributed by atoms with E-state index in [4.69, 9.17) is 4.65 Å². The number of halogens is 3. The molecule has 1 aliphatic rings. The van der Waals surface area contributed by atoms with Gasteiger partial charge in [-0.05, 0) is 35.3 Å². The van der Waals surface area contributed by atoms with Crippen LogP contribution >= 0.6 is 0 Å². The third kappa shape index (κ3) is 3.08. The maximum atomic E-state index is 12.9. The largest absolute Gasteiger partial charge is 0.491 e. The molecule has 1 amide bonds. The molecule has 0 fully saturated rings. The summed E-state index contributed by atoms with van der Waals surface area (Å²) in [5, 5.41) is 11.9. The van der Waals surface area contributed by atoms with E-state index in [9.17, 15) is 23.0 Å². The normalized spacial score (nSPS) is 13.8. The number of amides is 1. The molecule has 2 N–H and O–H groups in total. The Morgan fingerprint density at radius 2 is 1.96 bits per heavy atom. The molecule has 0 aromatic heterocycles. The van der Waals surface area contributed by atoms with Crippen molar-refractivity contribution in [3.05, 3.63) is 59.2 Å². The maximum absolute atomic E-state index is 12.9. The second kappa shape index (κ2) is 5.71. The van der Waals surface area contributed by atoms with Gasteiger partial charge < -0.3 is 15.0 Å². The predicted molar refractivity (Wildman–Crippen MR) is 78.2 cm³/mol. The Hall–Kier alpha value is -2.32. The van der Waals surface area contributed by atoms with E-state index >= 15 is 0 Å². The molecule has 23 heavy (non-hydrogen) atoms. The van der Waals surface area contributed by atoms with Gasteiger partial charge in [-0.1, -0.05) is 18.2 Å². The van der Waals surface area contributed by atoms with Crippen LogP contribution in [0.25, 0.3) is 0 Å². The van der Waals surface area contributed by atoms with Crippen LogP contribution in [0, 0.1) is 0 Å². The Labute approximate surface area is 130 Å².